The van der Waals surface area contributed by atoms with Crippen molar-refractivity contribution in [3.05, 3.63) is 78.6 Å². The third-order valence-corrected chi connectivity index (χ3v) is 3.71. The van der Waals surface area contributed by atoms with E-state index in [1.165, 1.54) is 24.3 Å². The lowest BCUT2D eigenvalue weighted by molar-refractivity contribution is -0.167. The van der Waals surface area contributed by atoms with E-state index < -0.39 is 18.0 Å². The topological polar surface area (TPSA) is 63.1 Å². The predicted molar refractivity (Wildman–Crippen MR) is 94.8 cm³/mol. The monoisotopic (exact) mass is 373 g/mol. The second-order valence-electron chi connectivity index (χ2n) is 5.59. The van der Waals surface area contributed by atoms with Crippen molar-refractivity contribution >= 4 is 23.2 Å². The number of aromatic nitrogens is 1. The van der Waals surface area contributed by atoms with Gasteiger partial charge in [-0.25, -0.2) is 0 Å². The molecule has 0 aliphatic heterocycles. The largest absolute Gasteiger partial charge is 0.471 e. The first-order valence-electron chi connectivity index (χ1n) is 7.86. The number of carbonyl (C=O) groups is 2. The summed E-state index contributed by atoms with van der Waals surface area (Å²) in [6.45, 7) is 0. The molecule has 8 heteroatoms. The van der Waals surface area contributed by atoms with Gasteiger partial charge in [-0.3, -0.25) is 9.59 Å². The second kappa shape index (κ2) is 7.36. The molecule has 3 aromatic rings. The lowest BCUT2D eigenvalue weighted by atomic mass is 10.1. The second-order valence-corrected chi connectivity index (χ2v) is 5.59. The molecule has 2 amide bonds. The van der Waals surface area contributed by atoms with Crippen LogP contribution < -0.4 is 10.6 Å². The van der Waals surface area contributed by atoms with E-state index in [4.69, 9.17) is 0 Å². The van der Waals surface area contributed by atoms with E-state index in [1.54, 1.807) is 29.6 Å². The molecule has 138 valence electrons. The number of anilines is 2. The fraction of sp³-hybridized carbons (Fsp3) is 0.0526. The summed E-state index contributed by atoms with van der Waals surface area (Å²) in [5.74, 6) is -2.62. The molecule has 0 radical (unpaired) electrons. The molecular formula is C19H14F3N3O2. The number of hydrogen-bond donors (Lipinski definition) is 2. The predicted octanol–water partition coefficient (Wildman–Crippen LogP) is 4.23. The van der Waals surface area contributed by atoms with Gasteiger partial charge < -0.3 is 15.2 Å². The average Bonchev–Trinajstić information content (AvgIpc) is 3.17. The van der Waals surface area contributed by atoms with Gasteiger partial charge in [0.2, 0.25) is 0 Å². The Balaban J connectivity index is 1.75. The molecule has 1 heterocycles. The van der Waals surface area contributed by atoms with Crippen LogP contribution in [0.25, 0.3) is 5.69 Å². The van der Waals surface area contributed by atoms with Crippen molar-refractivity contribution in [2.24, 2.45) is 0 Å². The van der Waals surface area contributed by atoms with Gasteiger partial charge in [0.05, 0.1) is 11.4 Å². The number of hydrogen-bond acceptors (Lipinski definition) is 2. The smallest absolute Gasteiger partial charge is 0.324 e. The van der Waals surface area contributed by atoms with Crippen LogP contribution in [-0.4, -0.2) is 22.6 Å². The fourth-order valence-electron chi connectivity index (χ4n) is 2.38. The lowest BCUT2D eigenvalue weighted by Gasteiger charge is -2.13. The Morgan fingerprint density at radius 1 is 0.778 bits per heavy atom. The summed E-state index contributed by atoms with van der Waals surface area (Å²) in [7, 11) is 0. The zero-order valence-corrected chi connectivity index (χ0v) is 13.8. The van der Waals surface area contributed by atoms with Crippen LogP contribution in [0, 0.1) is 0 Å². The summed E-state index contributed by atoms with van der Waals surface area (Å²) in [5.41, 5.74) is 1.10. The molecule has 0 unspecified atom stereocenters. The third-order valence-electron chi connectivity index (χ3n) is 3.71. The van der Waals surface area contributed by atoms with Gasteiger partial charge in [0.25, 0.3) is 5.91 Å². The molecule has 0 saturated heterocycles. The van der Waals surface area contributed by atoms with Gasteiger partial charge in [-0.15, -0.1) is 0 Å². The van der Waals surface area contributed by atoms with Crippen LogP contribution in [0.5, 0.6) is 0 Å². The maximum Gasteiger partial charge on any atom is 0.471 e. The highest BCUT2D eigenvalue weighted by molar-refractivity contribution is 6.07. The first-order chi connectivity index (χ1) is 12.8. The molecule has 0 aliphatic carbocycles. The van der Waals surface area contributed by atoms with Crippen LogP contribution in [0.15, 0.2) is 73.1 Å². The maximum atomic E-state index is 12.4. The normalized spacial score (nSPS) is 11.1. The van der Waals surface area contributed by atoms with Gasteiger partial charge in [0.1, 0.15) is 0 Å². The molecule has 0 bridgehead atoms. The van der Waals surface area contributed by atoms with Crippen molar-refractivity contribution in [1.82, 2.24) is 4.57 Å². The van der Waals surface area contributed by atoms with Gasteiger partial charge >= 0.3 is 12.1 Å². The molecular weight excluding hydrogens is 359 g/mol. The standard InChI is InChI=1S/C19H14F3N3O2/c20-19(21,22)18(27)24-16-6-2-1-5-15(16)23-17(26)13-7-9-14(10-8-13)25-11-3-4-12-25/h1-12H,(H,23,26)(H,24,27). The van der Waals surface area contributed by atoms with Crippen molar-refractivity contribution in [1.29, 1.82) is 0 Å². The Hall–Kier alpha value is -3.55. The Bertz CT molecular complexity index is 949. The average molecular weight is 373 g/mol. The van der Waals surface area contributed by atoms with E-state index in [0.29, 0.717) is 5.56 Å². The SMILES string of the molecule is O=C(Nc1ccccc1NC(=O)C(F)(F)F)c1ccc(-n2cccc2)cc1. The summed E-state index contributed by atoms with van der Waals surface area (Å²) in [4.78, 5) is 23.5. The van der Waals surface area contributed by atoms with E-state index in [0.717, 1.165) is 5.69 Å². The van der Waals surface area contributed by atoms with Crippen LogP contribution in [0.4, 0.5) is 24.5 Å². The first kappa shape index (κ1) is 18.2. The number of para-hydroxylation sites is 2. The first-order valence-corrected chi connectivity index (χ1v) is 7.86. The maximum absolute atomic E-state index is 12.4. The lowest BCUT2D eigenvalue weighted by Crippen LogP contribution is -2.30. The minimum Gasteiger partial charge on any atom is -0.324 e. The van der Waals surface area contributed by atoms with Crippen molar-refractivity contribution in [2.45, 2.75) is 6.18 Å². The zero-order chi connectivity index (χ0) is 19.4. The van der Waals surface area contributed by atoms with Crippen LogP contribution in [0.3, 0.4) is 0 Å². The van der Waals surface area contributed by atoms with Crippen molar-refractivity contribution in [3.63, 3.8) is 0 Å². The number of rotatable bonds is 4. The highest BCUT2D eigenvalue weighted by Crippen LogP contribution is 2.25. The summed E-state index contributed by atoms with van der Waals surface area (Å²) in [6.07, 6.45) is -1.31. The van der Waals surface area contributed by atoms with Crippen LogP contribution in [0.2, 0.25) is 0 Å². The highest BCUT2D eigenvalue weighted by Gasteiger charge is 2.39. The Labute approximate surface area is 152 Å². The summed E-state index contributed by atoms with van der Waals surface area (Å²) < 4.78 is 39.2. The summed E-state index contributed by atoms with van der Waals surface area (Å²) >= 11 is 0. The number of nitrogens with zero attached hydrogens (tertiary/aromatic N) is 1. The fourth-order valence-corrected chi connectivity index (χ4v) is 2.38. The summed E-state index contributed by atoms with van der Waals surface area (Å²) in [5, 5.41) is 4.26. The molecule has 2 N–H and O–H groups in total. The van der Waals surface area contributed by atoms with Crippen molar-refractivity contribution in [3.8, 4) is 5.69 Å². The van der Waals surface area contributed by atoms with E-state index in [2.05, 4.69) is 5.32 Å². The minimum absolute atomic E-state index is 0.0644. The molecule has 27 heavy (non-hydrogen) atoms. The minimum atomic E-state index is -5.02. The quantitative estimate of drug-likeness (QED) is 0.719. The van der Waals surface area contributed by atoms with Crippen LogP contribution >= 0.6 is 0 Å². The third kappa shape index (κ3) is 4.35. The summed E-state index contributed by atoms with van der Waals surface area (Å²) in [6, 6.07) is 16.1. The number of benzene rings is 2. The van der Waals surface area contributed by atoms with Gasteiger partial charge in [-0.05, 0) is 48.5 Å². The van der Waals surface area contributed by atoms with Crippen LogP contribution in [-0.2, 0) is 4.79 Å². The van der Waals surface area contributed by atoms with Gasteiger partial charge in [-0.1, -0.05) is 12.1 Å². The molecule has 1 aromatic heterocycles. The number of halogens is 3. The van der Waals surface area contributed by atoms with E-state index in [-0.39, 0.29) is 11.4 Å². The van der Waals surface area contributed by atoms with Gasteiger partial charge in [0.15, 0.2) is 0 Å². The molecule has 5 nitrogen and oxygen atoms in total. The molecule has 3 rings (SSSR count). The van der Waals surface area contributed by atoms with Gasteiger partial charge in [0, 0.05) is 23.6 Å². The number of alkyl halides is 3. The van der Waals surface area contributed by atoms with Crippen molar-refractivity contribution < 1.29 is 22.8 Å². The number of carbonyl (C=O) groups excluding carboxylic acids is 2. The highest BCUT2D eigenvalue weighted by atomic mass is 19.4. The molecule has 2 aromatic carbocycles. The zero-order valence-electron chi connectivity index (χ0n) is 13.8. The van der Waals surface area contributed by atoms with E-state index in [9.17, 15) is 22.8 Å². The molecule has 0 atom stereocenters. The van der Waals surface area contributed by atoms with Crippen LogP contribution in [0.1, 0.15) is 10.4 Å². The molecule has 0 aliphatic rings. The molecule has 0 fully saturated rings. The Morgan fingerprint density at radius 3 is 1.89 bits per heavy atom. The Morgan fingerprint density at radius 2 is 1.33 bits per heavy atom. The molecule has 0 spiro atoms. The Kier molecular flexibility index (Phi) is 4.98. The van der Waals surface area contributed by atoms with Crippen molar-refractivity contribution in [2.75, 3.05) is 10.6 Å². The van der Waals surface area contributed by atoms with Gasteiger partial charge in [-0.2, -0.15) is 13.2 Å². The number of amides is 2. The van der Waals surface area contributed by atoms with E-state index in [1.807, 2.05) is 29.1 Å². The number of nitrogens with one attached hydrogen (secondary N) is 2. The molecule has 0 saturated carbocycles. The van der Waals surface area contributed by atoms with E-state index >= 15 is 0 Å².